The van der Waals surface area contributed by atoms with Gasteiger partial charge in [0.2, 0.25) is 0 Å². The standard InChI is InChI=1S/C25H23BrN4O2/c1-2-27-11-6-12-30-14-17(21-18(26)8-5-10-20(21)30)23-22(24(31)29-25(23)32)16-13-28-19-9-4-3-7-15(16)19/h3-5,7-10,13-14,27-28H,2,6,11-12H2,1H3,(H,29,31,32). The minimum Gasteiger partial charge on any atom is -0.361 e. The number of fused-ring (bicyclic) bond motifs is 2. The number of H-pyrrole nitrogens is 1. The molecule has 0 saturated heterocycles. The molecule has 7 heteroatoms. The molecule has 0 saturated carbocycles. The van der Waals surface area contributed by atoms with Crippen molar-refractivity contribution < 1.29 is 9.59 Å². The minimum atomic E-state index is -0.366. The molecule has 3 N–H and O–H groups in total. The number of nitrogens with zero attached hydrogens (tertiary/aromatic N) is 1. The third kappa shape index (κ3) is 3.38. The Morgan fingerprint density at radius 3 is 2.59 bits per heavy atom. The predicted molar refractivity (Wildman–Crippen MR) is 131 cm³/mol. The summed E-state index contributed by atoms with van der Waals surface area (Å²) < 4.78 is 3.07. The number of halogens is 1. The molecule has 0 atom stereocenters. The molecule has 162 valence electrons. The summed E-state index contributed by atoms with van der Waals surface area (Å²) in [5, 5.41) is 7.73. The van der Waals surface area contributed by atoms with Crippen LogP contribution in [0.1, 0.15) is 24.5 Å². The summed E-state index contributed by atoms with van der Waals surface area (Å²) >= 11 is 3.67. The van der Waals surface area contributed by atoms with E-state index >= 15 is 0 Å². The molecule has 2 aromatic heterocycles. The molecule has 4 aromatic rings. The molecule has 0 spiro atoms. The van der Waals surface area contributed by atoms with Gasteiger partial charge in [-0.05, 0) is 37.7 Å². The third-order valence-electron chi connectivity index (χ3n) is 5.92. The van der Waals surface area contributed by atoms with Gasteiger partial charge in [-0.2, -0.15) is 0 Å². The van der Waals surface area contributed by atoms with E-state index in [1.807, 2.05) is 48.8 Å². The second-order valence-electron chi connectivity index (χ2n) is 7.86. The molecule has 1 aliphatic rings. The number of aromatic nitrogens is 2. The first-order valence-corrected chi connectivity index (χ1v) is 11.5. The summed E-state index contributed by atoms with van der Waals surface area (Å²) in [7, 11) is 0. The van der Waals surface area contributed by atoms with E-state index in [1.54, 1.807) is 0 Å². The van der Waals surface area contributed by atoms with E-state index in [1.165, 1.54) is 0 Å². The van der Waals surface area contributed by atoms with E-state index in [9.17, 15) is 9.59 Å². The van der Waals surface area contributed by atoms with Gasteiger partial charge in [0.1, 0.15) is 0 Å². The topological polar surface area (TPSA) is 78.9 Å². The highest BCUT2D eigenvalue weighted by atomic mass is 79.9. The molecule has 5 rings (SSSR count). The SMILES string of the molecule is CCNCCCn1cc(C2=C(c3c[nH]c4ccccc34)C(=O)NC2=O)c2c(Br)cccc21. The van der Waals surface area contributed by atoms with E-state index in [-0.39, 0.29) is 11.8 Å². The summed E-state index contributed by atoms with van der Waals surface area (Å²) in [5.74, 6) is -0.729. The Balaban J connectivity index is 1.72. The van der Waals surface area contributed by atoms with Crippen LogP contribution in [0.3, 0.4) is 0 Å². The summed E-state index contributed by atoms with van der Waals surface area (Å²) in [6, 6.07) is 13.8. The van der Waals surface area contributed by atoms with Crippen LogP contribution in [0.25, 0.3) is 33.0 Å². The first-order valence-electron chi connectivity index (χ1n) is 10.7. The highest BCUT2D eigenvalue weighted by Gasteiger charge is 2.35. The van der Waals surface area contributed by atoms with Gasteiger partial charge >= 0.3 is 0 Å². The largest absolute Gasteiger partial charge is 0.361 e. The lowest BCUT2D eigenvalue weighted by molar-refractivity contribution is -0.122. The molecule has 0 aliphatic carbocycles. The van der Waals surface area contributed by atoms with Gasteiger partial charge in [0, 0.05) is 56.3 Å². The van der Waals surface area contributed by atoms with Crippen molar-refractivity contribution in [2.24, 2.45) is 0 Å². The van der Waals surface area contributed by atoms with Gasteiger partial charge in [-0.3, -0.25) is 14.9 Å². The number of hydrogen-bond acceptors (Lipinski definition) is 3. The van der Waals surface area contributed by atoms with E-state index < -0.39 is 0 Å². The number of nitrogens with one attached hydrogen (secondary N) is 3. The molecule has 3 heterocycles. The zero-order valence-electron chi connectivity index (χ0n) is 17.7. The van der Waals surface area contributed by atoms with Gasteiger partial charge in [0.05, 0.1) is 11.1 Å². The van der Waals surface area contributed by atoms with Crippen molar-refractivity contribution in [3.63, 3.8) is 0 Å². The van der Waals surface area contributed by atoms with E-state index in [2.05, 4.69) is 49.1 Å². The number of rotatable bonds is 7. The maximum absolute atomic E-state index is 13.1. The number of aryl methyl sites for hydroxylation is 1. The van der Waals surface area contributed by atoms with E-state index in [0.717, 1.165) is 63.5 Å². The van der Waals surface area contributed by atoms with Crippen molar-refractivity contribution in [1.29, 1.82) is 0 Å². The van der Waals surface area contributed by atoms with Gasteiger partial charge in [-0.1, -0.05) is 47.1 Å². The molecule has 1 aliphatic heterocycles. The predicted octanol–water partition coefficient (Wildman–Crippen LogP) is 4.45. The number of aromatic amines is 1. The first-order chi connectivity index (χ1) is 15.6. The molecule has 2 amide bonds. The van der Waals surface area contributed by atoms with Crippen molar-refractivity contribution in [1.82, 2.24) is 20.2 Å². The Hall–Kier alpha value is -3.16. The van der Waals surface area contributed by atoms with E-state index in [0.29, 0.717) is 11.1 Å². The smallest absolute Gasteiger partial charge is 0.259 e. The van der Waals surface area contributed by atoms with Crippen molar-refractivity contribution in [3.8, 4) is 0 Å². The molecular formula is C25H23BrN4O2. The number of imide groups is 1. The lowest BCUT2D eigenvalue weighted by Gasteiger charge is -2.06. The summed E-state index contributed by atoms with van der Waals surface area (Å²) in [6.07, 6.45) is 4.77. The van der Waals surface area contributed by atoms with Gasteiger partial charge in [-0.25, -0.2) is 0 Å². The molecule has 0 radical (unpaired) electrons. The highest BCUT2D eigenvalue weighted by Crippen LogP contribution is 2.40. The van der Waals surface area contributed by atoms with Crippen LogP contribution in [-0.4, -0.2) is 34.5 Å². The maximum Gasteiger partial charge on any atom is 0.259 e. The quantitative estimate of drug-likeness (QED) is 0.264. The number of benzene rings is 2. The molecule has 6 nitrogen and oxygen atoms in total. The number of hydrogen-bond donors (Lipinski definition) is 3. The molecule has 0 unspecified atom stereocenters. The van der Waals surface area contributed by atoms with Crippen LogP contribution in [0.15, 0.2) is 59.3 Å². The van der Waals surface area contributed by atoms with Crippen molar-refractivity contribution >= 4 is 60.7 Å². The monoisotopic (exact) mass is 490 g/mol. The maximum atomic E-state index is 13.1. The summed E-state index contributed by atoms with van der Waals surface area (Å²) in [5.41, 5.74) is 4.29. The lowest BCUT2D eigenvalue weighted by atomic mass is 9.95. The van der Waals surface area contributed by atoms with Gasteiger partial charge in [0.15, 0.2) is 0 Å². The summed E-state index contributed by atoms with van der Waals surface area (Å²) in [4.78, 5) is 29.2. The number of carbonyl (C=O) groups is 2. The molecular weight excluding hydrogens is 468 g/mol. The first kappa shape index (κ1) is 20.7. The zero-order valence-corrected chi connectivity index (χ0v) is 19.3. The van der Waals surface area contributed by atoms with Crippen LogP contribution in [0.2, 0.25) is 0 Å². The Labute approximate surface area is 193 Å². The zero-order chi connectivity index (χ0) is 22.2. The van der Waals surface area contributed by atoms with Gasteiger partial charge in [0.25, 0.3) is 11.8 Å². The fraction of sp³-hybridized carbons (Fsp3) is 0.200. The molecule has 2 aromatic carbocycles. The van der Waals surface area contributed by atoms with Crippen LogP contribution in [0.5, 0.6) is 0 Å². The Morgan fingerprint density at radius 2 is 1.78 bits per heavy atom. The Bertz CT molecular complexity index is 1400. The van der Waals surface area contributed by atoms with Crippen molar-refractivity contribution in [2.45, 2.75) is 19.9 Å². The Kier molecular flexibility index (Phi) is 5.45. The number of carbonyl (C=O) groups excluding carboxylic acids is 2. The lowest BCUT2D eigenvalue weighted by Crippen LogP contribution is -2.22. The normalized spacial score (nSPS) is 14.2. The van der Waals surface area contributed by atoms with Crippen molar-refractivity contribution in [3.05, 3.63) is 70.5 Å². The average Bonchev–Trinajstić information content (AvgIpc) is 3.45. The van der Waals surface area contributed by atoms with E-state index in [4.69, 9.17) is 0 Å². The van der Waals surface area contributed by atoms with Gasteiger partial charge in [-0.15, -0.1) is 0 Å². The number of para-hydroxylation sites is 1. The van der Waals surface area contributed by atoms with Crippen LogP contribution in [0, 0.1) is 0 Å². The van der Waals surface area contributed by atoms with Crippen LogP contribution >= 0.6 is 15.9 Å². The van der Waals surface area contributed by atoms with Crippen LogP contribution in [-0.2, 0) is 16.1 Å². The van der Waals surface area contributed by atoms with Crippen LogP contribution < -0.4 is 10.6 Å². The van der Waals surface area contributed by atoms with Crippen LogP contribution in [0.4, 0.5) is 0 Å². The summed E-state index contributed by atoms with van der Waals surface area (Å²) in [6.45, 7) is 4.76. The third-order valence-corrected chi connectivity index (χ3v) is 6.58. The Morgan fingerprint density at radius 1 is 1.00 bits per heavy atom. The average molecular weight is 491 g/mol. The molecule has 32 heavy (non-hydrogen) atoms. The fourth-order valence-electron chi connectivity index (χ4n) is 4.48. The molecule has 0 bridgehead atoms. The highest BCUT2D eigenvalue weighted by molar-refractivity contribution is 9.10. The second kappa shape index (κ2) is 8.41. The van der Waals surface area contributed by atoms with Crippen molar-refractivity contribution in [2.75, 3.05) is 13.1 Å². The van der Waals surface area contributed by atoms with Gasteiger partial charge < -0.3 is 14.9 Å². The second-order valence-corrected chi connectivity index (χ2v) is 8.71. The number of amides is 2. The fourth-order valence-corrected chi connectivity index (χ4v) is 5.05. The molecule has 0 fully saturated rings. The minimum absolute atomic E-state index is 0.363.